The third kappa shape index (κ3) is 1.76. The van der Waals surface area contributed by atoms with E-state index in [-0.39, 0.29) is 18.1 Å². The van der Waals surface area contributed by atoms with Crippen molar-refractivity contribution in [3.05, 3.63) is 73.1 Å². The van der Waals surface area contributed by atoms with Gasteiger partial charge >= 0.3 is 0 Å². The smallest absolute Gasteiger partial charge is 0.141 e. The molecule has 1 aliphatic carbocycles. The van der Waals surface area contributed by atoms with Crippen molar-refractivity contribution in [2.45, 2.75) is 32.0 Å². The number of hydrogen-bond acceptors (Lipinski definition) is 2. The fraction of sp³-hybridized carbons (Fsp3) is 0.273. The van der Waals surface area contributed by atoms with E-state index in [0.29, 0.717) is 5.92 Å². The van der Waals surface area contributed by atoms with E-state index in [4.69, 9.17) is 9.15 Å². The number of halogens is 2. The molecule has 26 heavy (non-hydrogen) atoms. The monoisotopic (exact) mass is 470 g/mol. The van der Waals surface area contributed by atoms with Crippen LogP contribution in [0, 0.1) is 19.8 Å². The van der Waals surface area contributed by atoms with Gasteiger partial charge in [0.25, 0.3) is 0 Å². The van der Waals surface area contributed by atoms with Gasteiger partial charge in [0.1, 0.15) is 17.6 Å². The second-order valence-electron chi connectivity index (χ2n) is 7.54. The normalized spacial score (nSPS) is 27.7. The van der Waals surface area contributed by atoms with Gasteiger partial charge in [-0.2, -0.15) is 0 Å². The molecule has 4 atom stereocenters. The van der Waals surface area contributed by atoms with Crippen LogP contribution in [0.15, 0.2) is 43.7 Å². The predicted octanol–water partition coefficient (Wildman–Crippen LogP) is 7.13. The zero-order valence-electron chi connectivity index (χ0n) is 14.3. The van der Waals surface area contributed by atoms with Crippen molar-refractivity contribution in [2.24, 2.45) is 5.92 Å². The summed E-state index contributed by atoms with van der Waals surface area (Å²) in [6, 6.07) is 8.61. The predicted molar refractivity (Wildman–Crippen MR) is 109 cm³/mol. The maximum Gasteiger partial charge on any atom is 0.141 e. The summed E-state index contributed by atoms with van der Waals surface area (Å²) in [5, 5.41) is 2.47. The average Bonchev–Trinajstić information content (AvgIpc) is 3.29. The highest BCUT2D eigenvalue weighted by Gasteiger charge is 2.55. The Hall–Kier alpha value is -1.36. The van der Waals surface area contributed by atoms with E-state index >= 15 is 0 Å². The fourth-order valence-electron chi connectivity index (χ4n) is 5.08. The van der Waals surface area contributed by atoms with Crippen molar-refractivity contribution in [1.29, 1.82) is 0 Å². The van der Waals surface area contributed by atoms with E-state index in [9.17, 15) is 0 Å². The molecule has 1 saturated heterocycles. The van der Waals surface area contributed by atoms with Crippen LogP contribution in [0.2, 0.25) is 0 Å². The van der Waals surface area contributed by atoms with Gasteiger partial charge in [-0.05, 0) is 54.3 Å². The SMILES string of the molecule is Cc1c(Br)ccc2c1[C@H]1O[C@H]3c4oc(c5ccc(Br)c(C)c45)[C@H]3[C@H]1C=C2. The summed E-state index contributed by atoms with van der Waals surface area (Å²) in [5.74, 6) is 2.72. The van der Waals surface area contributed by atoms with Gasteiger partial charge in [-0.1, -0.05) is 50.1 Å². The minimum absolute atomic E-state index is 0.0227. The minimum Gasteiger partial charge on any atom is -0.462 e. The molecule has 0 saturated carbocycles. The van der Waals surface area contributed by atoms with Crippen LogP contribution in [-0.4, -0.2) is 0 Å². The topological polar surface area (TPSA) is 22.4 Å². The molecule has 2 bridgehead atoms. The summed E-state index contributed by atoms with van der Waals surface area (Å²) in [4.78, 5) is 0. The van der Waals surface area contributed by atoms with Crippen LogP contribution < -0.4 is 0 Å². The molecular formula is C22H16Br2O2. The van der Waals surface area contributed by atoms with Crippen molar-refractivity contribution < 1.29 is 9.15 Å². The maximum absolute atomic E-state index is 6.67. The van der Waals surface area contributed by atoms with Gasteiger partial charge in [0, 0.05) is 25.6 Å². The highest BCUT2D eigenvalue weighted by atomic mass is 79.9. The van der Waals surface area contributed by atoms with Gasteiger partial charge in [-0.25, -0.2) is 0 Å². The van der Waals surface area contributed by atoms with Crippen LogP contribution in [0.25, 0.3) is 16.8 Å². The number of fused-ring (bicyclic) bond motifs is 12. The molecule has 0 N–H and O–H groups in total. The molecule has 6 rings (SSSR count). The Bertz CT molecular complexity index is 1140. The summed E-state index contributed by atoms with van der Waals surface area (Å²) in [6.07, 6.45) is 4.70. The second-order valence-corrected chi connectivity index (χ2v) is 9.25. The number of aryl methyl sites for hydroxylation is 1. The Morgan fingerprint density at radius 1 is 0.885 bits per heavy atom. The summed E-state index contributed by atoms with van der Waals surface area (Å²) in [6.45, 7) is 4.33. The Morgan fingerprint density at radius 3 is 2.50 bits per heavy atom. The van der Waals surface area contributed by atoms with Crippen molar-refractivity contribution in [2.75, 3.05) is 0 Å². The van der Waals surface area contributed by atoms with E-state index in [2.05, 4.69) is 82.1 Å². The Balaban J connectivity index is 1.55. The number of hydrogen-bond donors (Lipinski definition) is 0. The largest absolute Gasteiger partial charge is 0.462 e. The lowest BCUT2D eigenvalue weighted by molar-refractivity contribution is 0.0300. The number of furan rings is 1. The zero-order valence-corrected chi connectivity index (χ0v) is 17.5. The molecule has 0 unspecified atom stereocenters. The second kappa shape index (κ2) is 5.12. The summed E-state index contributed by atoms with van der Waals surface area (Å²) < 4.78 is 15.2. The van der Waals surface area contributed by atoms with Crippen molar-refractivity contribution >= 4 is 48.7 Å². The Kier molecular flexibility index (Phi) is 3.09. The molecule has 3 heterocycles. The van der Waals surface area contributed by atoms with E-state index < -0.39 is 0 Å². The van der Waals surface area contributed by atoms with Gasteiger partial charge < -0.3 is 9.15 Å². The minimum atomic E-state index is 0.0227. The summed E-state index contributed by atoms with van der Waals surface area (Å²) >= 11 is 7.35. The molecule has 1 aromatic heterocycles. The summed E-state index contributed by atoms with van der Waals surface area (Å²) in [7, 11) is 0. The van der Waals surface area contributed by atoms with Crippen LogP contribution >= 0.6 is 31.9 Å². The van der Waals surface area contributed by atoms with Gasteiger partial charge in [0.05, 0.1) is 12.0 Å². The van der Waals surface area contributed by atoms with Crippen LogP contribution in [0.4, 0.5) is 0 Å². The van der Waals surface area contributed by atoms with Crippen molar-refractivity contribution in [3.8, 4) is 0 Å². The highest BCUT2D eigenvalue weighted by molar-refractivity contribution is 9.10. The Morgan fingerprint density at radius 2 is 1.65 bits per heavy atom. The van der Waals surface area contributed by atoms with Crippen LogP contribution in [0.3, 0.4) is 0 Å². The molecule has 2 nitrogen and oxygen atoms in total. The van der Waals surface area contributed by atoms with Gasteiger partial charge in [0.2, 0.25) is 0 Å². The van der Waals surface area contributed by atoms with Gasteiger partial charge in [-0.3, -0.25) is 0 Å². The summed E-state index contributed by atoms with van der Waals surface area (Å²) in [5.41, 5.74) is 5.11. The lowest BCUT2D eigenvalue weighted by atomic mass is 9.75. The van der Waals surface area contributed by atoms with E-state index in [1.54, 1.807) is 0 Å². The fourth-order valence-corrected chi connectivity index (χ4v) is 5.76. The van der Waals surface area contributed by atoms with Gasteiger partial charge in [0.15, 0.2) is 0 Å². The van der Waals surface area contributed by atoms with Crippen LogP contribution in [-0.2, 0) is 4.74 Å². The lowest BCUT2D eigenvalue weighted by Crippen LogP contribution is -2.16. The van der Waals surface area contributed by atoms with Crippen LogP contribution in [0.5, 0.6) is 0 Å². The number of benzene rings is 2. The molecule has 3 aromatic rings. The number of rotatable bonds is 0. The van der Waals surface area contributed by atoms with Crippen LogP contribution in [0.1, 0.15) is 51.9 Å². The average molecular weight is 472 g/mol. The van der Waals surface area contributed by atoms with E-state index in [0.717, 1.165) is 20.5 Å². The quantitative estimate of drug-likeness (QED) is 0.348. The van der Waals surface area contributed by atoms with E-state index in [1.165, 1.54) is 33.0 Å². The first-order valence-electron chi connectivity index (χ1n) is 8.90. The van der Waals surface area contributed by atoms with E-state index in [1.807, 2.05) is 0 Å². The molecule has 0 radical (unpaired) electrons. The molecule has 3 aliphatic rings. The zero-order chi connectivity index (χ0) is 17.7. The molecule has 4 heteroatoms. The molecule has 0 spiro atoms. The number of ether oxygens (including phenoxy) is 1. The molecule has 2 aromatic carbocycles. The first-order chi connectivity index (χ1) is 12.6. The Labute approximate surface area is 168 Å². The molecular weight excluding hydrogens is 456 g/mol. The standard InChI is InChI=1S/C22H16Br2O2/c1-9-14(23)7-4-11-3-5-13-18-20-12-6-8-15(24)10(2)17(12)21(26-20)22(18)25-19(13)16(9)11/h3-8,13,18-19,22H,1-2H3/t13-,18-,19+,22-/m1/s1. The van der Waals surface area contributed by atoms with Crippen molar-refractivity contribution in [3.63, 3.8) is 0 Å². The maximum atomic E-state index is 6.67. The van der Waals surface area contributed by atoms with Gasteiger partial charge in [-0.15, -0.1) is 0 Å². The molecule has 1 fully saturated rings. The highest BCUT2D eigenvalue weighted by Crippen LogP contribution is 2.64. The first-order valence-corrected chi connectivity index (χ1v) is 10.5. The third-order valence-electron chi connectivity index (χ3n) is 6.34. The molecule has 0 amide bonds. The lowest BCUT2D eigenvalue weighted by Gasteiger charge is -2.26. The third-order valence-corrected chi connectivity index (χ3v) is 8.06. The first kappa shape index (κ1) is 15.7. The van der Waals surface area contributed by atoms with Crippen molar-refractivity contribution in [1.82, 2.24) is 0 Å². The molecule has 2 aliphatic heterocycles. The molecule has 130 valence electrons.